The Labute approximate surface area is 124 Å². The summed E-state index contributed by atoms with van der Waals surface area (Å²) in [7, 11) is 1.86. The molecule has 0 bridgehead atoms. The molecule has 0 saturated heterocycles. The minimum Gasteiger partial charge on any atom is -0.322 e. The van der Waals surface area contributed by atoms with Crippen molar-refractivity contribution in [3.05, 3.63) is 29.8 Å². The van der Waals surface area contributed by atoms with Gasteiger partial charge in [-0.25, -0.2) is 0 Å². The van der Waals surface area contributed by atoms with Crippen LogP contribution in [0.3, 0.4) is 0 Å². The molecule has 7 nitrogen and oxygen atoms in total. The first-order valence-electron chi connectivity index (χ1n) is 7.01. The Morgan fingerprint density at radius 2 is 2.19 bits per heavy atom. The lowest BCUT2D eigenvalue weighted by atomic mass is 10.2. The maximum Gasteiger partial charge on any atom is 0.241 e. The summed E-state index contributed by atoms with van der Waals surface area (Å²) in [5.41, 5.74) is 2.57. The van der Waals surface area contributed by atoms with Crippen LogP contribution in [0.4, 0.5) is 5.69 Å². The van der Waals surface area contributed by atoms with Gasteiger partial charge in [-0.05, 0) is 26.8 Å². The van der Waals surface area contributed by atoms with Crippen molar-refractivity contribution >= 4 is 11.6 Å². The van der Waals surface area contributed by atoms with Gasteiger partial charge in [0.1, 0.15) is 0 Å². The lowest BCUT2D eigenvalue weighted by molar-refractivity contribution is -0.117. The number of amides is 1. The van der Waals surface area contributed by atoms with E-state index in [9.17, 15) is 4.79 Å². The van der Waals surface area contributed by atoms with Crippen molar-refractivity contribution in [2.45, 2.75) is 33.4 Å². The van der Waals surface area contributed by atoms with Crippen molar-refractivity contribution in [2.75, 3.05) is 11.9 Å². The summed E-state index contributed by atoms with van der Waals surface area (Å²) in [5, 5.41) is 14.5. The highest BCUT2D eigenvalue weighted by Gasteiger charge is 2.16. The van der Waals surface area contributed by atoms with Crippen LogP contribution in [-0.2, 0) is 18.4 Å². The SMILES string of the molecule is Cc1nn(C)c(C)c1NC(=O)[C@@H](C)NCCn1cccn1. The normalized spacial score (nSPS) is 12.4. The molecule has 0 aromatic carbocycles. The molecule has 0 fully saturated rings. The second kappa shape index (κ2) is 6.53. The molecule has 2 aromatic heterocycles. The highest BCUT2D eigenvalue weighted by Crippen LogP contribution is 2.18. The number of aryl methyl sites for hydroxylation is 2. The molecule has 2 rings (SSSR count). The number of anilines is 1. The van der Waals surface area contributed by atoms with Crippen LogP contribution in [-0.4, -0.2) is 38.1 Å². The summed E-state index contributed by atoms with van der Waals surface area (Å²) in [4.78, 5) is 12.2. The third-order valence-corrected chi connectivity index (χ3v) is 3.50. The third kappa shape index (κ3) is 3.69. The Morgan fingerprint density at radius 3 is 2.76 bits per heavy atom. The van der Waals surface area contributed by atoms with Crippen LogP contribution < -0.4 is 10.6 Å². The fraction of sp³-hybridized carbons (Fsp3) is 0.500. The molecule has 1 atom stereocenters. The van der Waals surface area contributed by atoms with Crippen LogP contribution in [0.2, 0.25) is 0 Å². The smallest absolute Gasteiger partial charge is 0.241 e. The molecule has 2 aromatic rings. The number of rotatable bonds is 6. The fourth-order valence-corrected chi connectivity index (χ4v) is 2.11. The molecule has 0 radical (unpaired) electrons. The Hall–Kier alpha value is -2.15. The van der Waals surface area contributed by atoms with Gasteiger partial charge in [0.25, 0.3) is 0 Å². The molecule has 2 N–H and O–H groups in total. The first-order chi connectivity index (χ1) is 9.99. The van der Waals surface area contributed by atoms with Crippen molar-refractivity contribution in [1.82, 2.24) is 24.9 Å². The first-order valence-corrected chi connectivity index (χ1v) is 7.01. The van der Waals surface area contributed by atoms with Crippen molar-refractivity contribution in [3.63, 3.8) is 0 Å². The Bertz CT molecular complexity index is 601. The quantitative estimate of drug-likeness (QED) is 0.827. The van der Waals surface area contributed by atoms with Gasteiger partial charge in [-0.3, -0.25) is 14.2 Å². The zero-order valence-corrected chi connectivity index (χ0v) is 12.9. The summed E-state index contributed by atoms with van der Waals surface area (Å²) in [6.07, 6.45) is 3.64. The summed E-state index contributed by atoms with van der Waals surface area (Å²) < 4.78 is 3.59. The van der Waals surface area contributed by atoms with Crippen LogP contribution in [0.5, 0.6) is 0 Å². The van der Waals surface area contributed by atoms with E-state index >= 15 is 0 Å². The van der Waals surface area contributed by atoms with Gasteiger partial charge < -0.3 is 10.6 Å². The molecule has 1 amide bonds. The lowest BCUT2D eigenvalue weighted by Crippen LogP contribution is -2.39. The van der Waals surface area contributed by atoms with E-state index in [2.05, 4.69) is 20.8 Å². The molecule has 2 heterocycles. The molecular weight excluding hydrogens is 268 g/mol. The second-order valence-corrected chi connectivity index (χ2v) is 5.10. The first kappa shape index (κ1) is 15.2. The molecule has 7 heteroatoms. The van der Waals surface area contributed by atoms with E-state index in [1.54, 1.807) is 10.9 Å². The largest absolute Gasteiger partial charge is 0.322 e. The van der Waals surface area contributed by atoms with Crippen LogP contribution >= 0.6 is 0 Å². The number of carbonyl (C=O) groups is 1. The molecule has 0 unspecified atom stereocenters. The Kier molecular flexibility index (Phi) is 4.74. The van der Waals surface area contributed by atoms with Crippen LogP contribution in [0, 0.1) is 13.8 Å². The molecule has 0 spiro atoms. The predicted octanol–water partition coefficient (Wildman–Crippen LogP) is 0.850. The average molecular weight is 290 g/mol. The van der Waals surface area contributed by atoms with Gasteiger partial charge in [0.05, 0.1) is 29.7 Å². The minimum absolute atomic E-state index is 0.0605. The van der Waals surface area contributed by atoms with E-state index in [0.717, 1.165) is 23.6 Å². The van der Waals surface area contributed by atoms with Gasteiger partial charge in [-0.15, -0.1) is 0 Å². The topological polar surface area (TPSA) is 76.8 Å². The van der Waals surface area contributed by atoms with Gasteiger partial charge in [0.15, 0.2) is 0 Å². The van der Waals surface area contributed by atoms with E-state index in [4.69, 9.17) is 0 Å². The van der Waals surface area contributed by atoms with Crippen LogP contribution in [0.15, 0.2) is 18.5 Å². The van der Waals surface area contributed by atoms with Crippen LogP contribution in [0.25, 0.3) is 0 Å². The van der Waals surface area contributed by atoms with Crippen molar-refractivity contribution < 1.29 is 4.79 Å². The molecular formula is C14H22N6O. The van der Waals surface area contributed by atoms with E-state index in [-0.39, 0.29) is 11.9 Å². The maximum absolute atomic E-state index is 12.2. The number of aromatic nitrogens is 4. The molecule has 0 saturated carbocycles. The number of nitrogens with one attached hydrogen (secondary N) is 2. The Balaban J connectivity index is 1.84. The highest BCUT2D eigenvalue weighted by molar-refractivity contribution is 5.95. The molecule has 0 aliphatic carbocycles. The van der Waals surface area contributed by atoms with Crippen molar-refractivity contribution in [1.29, 1.82) is 0 Å². The number of nitrogens with zero attached hydrogens (tertiary/aromatic N) is 4. The van der Waals surface area contributed by atoms with Crippen LogP contribution in [0.1, 0.15) is 18.3 Å². The summed E-state index contributed by atoms with van der Waals surface area (Å²) >= 11 is 0. The summed E-state index contributed by atoms with van der Waals surface area (Å²) in [6.45, 7) is 7.08. The second-order valence-electron chi connectivity index (χ2n) is 5.10. The van der Waals surface area contributed by atoms with E-state index in [1.807, 2.05) is 44.8 Å². The third-order valence-electron chi connectivity index (χ3n) is 3.50. The number of hydrogen-bond acceptors (Lipinski definition) is 4. The zero-order valence-electron chi connectivity index (χ0n) is 12.9. The molecule has 114 valence electrons. The van der Waals surface area contributed by atoms with E-state index in [1.165, 1.54) is 0 Å². The molecule has 0 aliphatic heterocycles. The van der Waals surface area contributed by atoms with Crippen molar-refractivity contribution in [3.8, 4) is 0 Å². The van der Waals surface area contributed by atoms with E-state index in [0.29, 0.717) is 6.54 Å². The number of carbonyl (C=O) groups excluding carboxylic acids is 1. The minimum atomic E-state index is -0.278. The molecule has 21 heavy (non-hydrogen) atoms. The fourth-order valence-electron chi connectivity index (χ4n) is 2.11. The number of hydrogen-bond donors (Lipinski definition) is 2. The average Bonchev–Trinajstić information content (AvgIpc) is 3.03. The lowest BCUT2D eigenvalue weighted by Gasteiger charge is -2.14. The predicted molar refractivity (Wildman–Crippen MR) is 81.0 cm³/mol. The zero-order chi connectivity index (χ0) is 15.4. The maximum atomic E-state index is 12.2. The van der Waals surface area contributed by atoms with Gasteiger partial charge in [-0.2, -0.15) is 10.2 Å². The summed E-state index contributed by atoms with van der Waals surface area (Å²) in [5.74, 6) is -0.0605. The van der Waals surface area contributed by atoms with Gasteiger partial charge in [0.2, 0.25) is 5.91 Å². The van der Waals surface area contributed by atoms with Gasteiger partial charge in [0, 0.05) is 26.0 Å². The monoisotopic (exact) mass is 290 g/mol. The van der Waals surface area contributed by atoms with Gasteiger partial charge >= 0.3 is 0 Å². The van der Waals surface area contributed by atoms with E-state index < -0.39 is 0 Å². The summed E-state index contributed by atoms with van der Waals surface area (Å²) in [6, 6.07) is 1.60. The van der Waals surface area contributed by atoms with Crippen molar-refractivity contribution in [2.24, 2.45) is 7.05 Å². The Morgan fingerprint density at radius 1 is 1.43 bits per heavy atom. The molecule has 0 aliphatic rings. The standard InChI is InChI=1S/C14H22N6O/c1-10-13(12(3)19(4)18-10)17-14(21)11(2)15-7-9-20-8-5-6-16-20/h5-6,8,11,15H,7,9H2,1-4H3,(H,17,21)/t11-/m1/s1. The highest BCUT2D eigenvalue weighted by atomic mass is 16.2. The van der Waals surface area contributed by atoms with Gasteiger partial charge in [-0.1, -0.05) is 0 Å².